The van der Waals surface area contributed by atoms with Crippen molar-refractivity contribution in [1.82, 2.24) is 4.90 Å². The molecule has 1 aliphatic rings. The van der Waals surface area contributed by atoms with E-state index >= 15 is 0 Å². The zero-order chi connectivity index (χ0) is 17.3. The van der Waals surface area contributed by atoms with Crippen LogP contribution in [0.1, 0.15) is 40.8 Å². The van der Waals surface area contributed by atoms with Crippen LogP contribution in [0, 0.1) is 0 Å². The number of hydrogen-bond acceptors (Lipinski definition) is 4. The van der Waals surface area contributed by atoms with E-state index in [-0.39, 0.29) is 23.9 Å². The SMILES string of the molecule is CC(=O)c1ccc(-c2ccc(C(=O)N3C[C@@H](C)O[C@@H](C)C3)cc2)s1. The Labute approximate surface area is 146 Å². The van der Waals surface area contributed by atoms with Crippen LogP contribution < -0.4 is 0 Å². The molecule has 0 unspecified atom stereocenters. The largest absolute Gasteiger partial charge is 0.372 e. The minimum absolute atomic E-state index is 0.0409. The lowest BCUT2D eigenvalue weighted by molar-refractivity contribution is -0.0586. The number of rotatable bonds is 3. The fourth-order valence-electron chi connectivity index (χ4n) is 2.99. The summed E-state index contributed by atoms with van der Waals surface area (Å²) in [7, 11) is 0. The number of ether oxygens (including phenoxy) is 1. The van der Waals surface area contributed by atoms with Crippen molar-refractivity contribution in [2.24, 2.45) is 0 Å². The minimum atomic E-state index is 0.0409. The Morgan fingerprint density at radius 2 is 1.67 bits per heavy atom. The number of carbonyl (C=O) groups excluding carboxylic acids is 2. The van der Waals surface area contributed by atoms with Crippen LogP contribution in [0.15, 0.2) is 36.4 Å². The van der Waals surface area contributed by atoms with Crippen LogP contribution in [0.5, 0.6) is 0 Å². The lowest BCUT2D eigenvalue weighted by Crippen LogP contribution is -2.48. The van der Waals surface area contributed by atoms with Crippen LogP contribution >= 0.6 is 11.3 Å². The molecular formula is C19H21NO3S. The number of thiophene rings is 1. The third-order valence-electron chi connectivity index (χ3n) is 4.08. The molecule has 2 heterocycles. The predicted octanol–water partition coefficient (Wildman–Crippen LogP) is 3.87. The highest BCUT2D eigenvalue weighted by Gasteiger charge is 2.26. The fraction of sp³-hybridized carbons (Fsp3) is 0.368. The Bertz CT molecular complexity index is 740. The van der Waals surface area contributed by atoms with Crippen LogP contribution in [-0.4, -0.2) is 41.9 Å². The van der Waals surface area contributed by atoms with Crippen molar-refractivity contribution >= 4 is 23.0 Å². The Morgan fingerprint density at radius 3 is 2.21 bits per heavy atom. The van der Waals surface area contributed by atoms with Gasteiger partial charge in [0.05, 0.1) is 17.1 Å². The van der Waals surface area contributed by atoms with Gasteiger partial charge in [-0.25, -0.2) is 0 Å². The number of nitrogens with zero attached hydrogens (tertiary/aromatic N) is 1. The first-order valence-electron chi connectivity index (χ1n) is 8.10. The molecular weight excluding hydrogens is 322 g/mol. The average molecular weight is 343 g/mol. The summed E-state index contributed by atoms with van der Waals surface area (Å²) in [5, 5.41) is 0. The lowest BCUT2D eigenvalue weighted by atomic mass is 10.1. The van der Waals surface area contributed by atoms with E-state index < -0.39 is 0 Å². The molecule has 0 radical (unpaired) electrons. The van der Waals surface area contributed by atoms with Gasteiger partial charge in [0.15, 0.2) is 5.78 Å². The summed E-state index contributed by atoms with van der Waals surface area (Å²) in [5.41, 5.74) is 1.70. The van der Waals surface area contributed by atoms with Gasteiger partial charge >= 0.3 is 0 Å². The molecule has 1 aromatic heterocycles. The number of ketones is 1. The molecule has 5 heteroatoms. The Hall–Kier alpha value is -1.98. The number of morpholine rings is 1. The first-order chi connectivity index (χ1) is 11.4. The summed E-state index contributed by atoms with van der Waals surface area (Å²) in [6, 6.07) is 11.4. The van der Waals surface area contributed by atoms with Crippen LogP contribution in [0.2, 0.25) is 0 Å². The van der Waals surface area contributed by atoms with E-state index in [1.54, 1.807) is 6.92 Å². The normalized spacial score (nSPS) is 20.9. The van der Waals surface area contributed by atoms with Crippen LogP contribution in [0.4, 0.5) is 0 Å². The van der Waals surface area contributed by atoms with Gasteiger partial charge in [-0.1, -0.05) is 12.1 Å². The Kier molecular flexibility index (Phi) is 4.83. The van der Waals surface area contributed by atoms with Gasteiger partial charge in [0.25, 0.3) is 5.91 Å². The quantitative estimate of drug-likeness (QED) is 0.795. The van der Waals surface area contributed by atoms with E-state index in [0.717, 1.165) is 15.3 Å². The van der Waals surface area contributed by atoms with Crippen molar-refractivity contribution in [2.75, 3.05) is 13.1 Å². The maximum Gasteiger partial charge on any atom is 0.254 e. The maximum absolute atomic E-state index is 12.7. The predicted molar refractivity (Wildman–Crippen MR) is 95.7 cm³/mol. The van der Waals surface area contributed by atoms with Gasteiger partial charge < -0.3 is 9.64 Å². The van der Waals surface area contributed by atoms with E-state index in [2.05, 4.69) is 0 Å². The molecule has 0 saturated carbocycles. The third-order valence-corrected chi connectivity index (χ3v) is 5.31. The molecule has 0 bridgehead atoms. The molecule has 0 spiro atoms. The smallest absolute Gasteiger partial charge is 0.254 e. The molecule has 1 fully saturated rings. The van der Waals surface area contributed by atoms with Crippen LogP contribution in [0.25, 0.3) is 10.4 Å². The van der Waals surface area contributed by atoms with Crippen molar-refractivity contribution in [2.45, 2.75) is 33.0 Å². The summed E-state index contributed by atoms with van der Waals surface area (Å²) in [4.78, 5) is 27.7. The van der Waals surface area contributed by atoms with Crippen molar-refractivity contribution in [1.29, 1.82) is 0 Å². The molecule has 1 amide bonds. The monoisotopic (exact) mass is 343 g/mol. The Balaban J connectivity index is 1.76. The van der Waals surface area contributed by atoms with Crippen LogP contribution in [0.3, 0.4) is 0 Å². The highest BCUT2D eigenvalue weighted by atomic mass is 32.1. The van der Waals surface area contributed by atoms with Gasteiger partial charge in [0.2, 0.25) is 0 Å². The van der Waals surface area contributed by atoms with Gasteiger partial charge in [-0.2, -0.15) is 0 Å². The molecule has 2 aromatic rings. The van der Waals surface area contributed by atoms with E-state index in [4.69, 9.17) is 4.74 Å². The fourth-order valence-corrected chi connectivity index (χ4v) is 3.89. The topological polar surface area (TPSA) is 46.6 Å². The Morgan fingerprint density at radius 1 is 1.04 bits per heavy atom. The highest BCUT2D eigenvalue weighted by Crippen LogP contribution is 2.29. The summed E-state index contributed by atoms with van der Waals surface area (Å²) in [6.07, 6.45) is 0.126. The van der Waals surface area contributed by atoms with Crippen molar-refractivity contribution in [3.63, 3.8) is 0 Å². The summed E-state index contributed by atoms with van der Waals surface area (Å²) in [6.45, 7) is 6.79. The summed E-state index contributed by atoms with van der Waals surface area (Å²) in [5.74, 6) is 0.118. The zero-order valence-corrected chi connectivity index (χ0v) is 14.9. The molecule has 4 nitrogen and oxygen atoms in total. The number of Topliss-reactive ketones (excluding diaryl/α,β-unsaturated/α-hetero) is 1. The molecule has 0 aliphatic carbocycles. The van der Waals surface area contributed by atoms with Gasteiger partial charge in [-0.3, -0.25) is 9.59 Å². The van der Waals surface area contributed by atoms with Crippen LogP contribution in [-0.2, 0) is 4.74 Å². The van der Waals surface area contributed by atoms with Crippen molar-refractivity contribution < 1.29 is 14.3 Å². The van der Waals surface area contributed by atoms with E-state index in [1.165, 1.54) is 11.3 Å². The maximum atomic E-state index is 12.7. The number of amides is 1. The second-order valence-electron chi connectivity index (χ2n) is 6.26. The first-order valence-corrected chi connectivity index (χ1v) is 8.91. The standard InChI is InChI=1S/C19H21NO3S/c1-12-10-20(11-13(2)23-12)19(22)16-6-4-15(5-7-16)18-9-8-17(24-18)14(3)21/h4-9,12-13H,10-11H2,1-3H3/t12-,13+. The van der Waals surface area contributed by atoms with Gasteiger partial charge in [0, 0.05) is 23.5 Å². The summed E-state index contributed by atoms with van der Waals surface area (Å²) >= 11 is 1.48. The molecule has 1 aromatic carbocycles. The minimum Gasteiger partial charge on any atom is -0.372 e. The van der Waals surface area contributed by atoms with Gasteiger partial charge in [0.1, 0.15) is 0 Å². The molecule has 1 aliphatic heterocycles. The van der Waals surface area contributed by atoms with E-state index in [0.29, 0.717) is 18.7 Å². The number of hydrogen-bond donors (Lipinski definition) is 0. The second kappa shape index (κ2) is 6.87. The first kappa shape index (κ1) is 16.9. The lowest BCUT2D eigenvalue weighted by Gasteiger charge is -2.35. The van der Waals surface area contributed by atoms with Crippen molar-refractivity contribution in [3.05, 3.63) is 46.8 Å². The number of benzene rings is 1. The molecule has 3 rings (SSSR count). The van der Waals surface area contributed by atoms with E-state index in [1.807, 2.05) is 55.1 Å². The summed E-state index contributed by atoms with van der Waals surface area (Å²) < 4.78 is 5.68. The molecule has 2 atom stereocenters. The second-order valence-corrected chi connectivity index (χ2v) is 7.35. The molecule has 0 N–H and O–H groups in total. The average Bonchev–Trinajstić information content (AvgIpc) is 3.03. The number of carbonyl (C=O) groups is 2. The highest BCUT2D eigenvalue weighted by molar-refractivity contribution is 7.17. The zero-order valence-electron chi connectivity index (χ0n) is 14.1. The van der Waals surface area contributed by atoms with Gasteiger partial charge in [-0.05, 0) is 50.6 Å². The molecule has 126 valence electrons. The molecule has 24 heavy (non-hydrogen) atoms. The van der Waals surface area contributed by atoms with Gasteiger partial charge in [-0.15, -0.1) is 11.3 Å². The third kappa shape index (κ3) is 3.57. The molecule has 1 saturated heterocycles. The van der Waals surface area contributed by atoms with E-state index in [9.17, 15) is 9.59 Å². The van der Waals surface area contributed by atoms with Crippen molar-refractivity contribution in [3.8, 4) is 10.4 Å².